The van der Waals surface area contributed by atoms with Crippen molar-refractivity contribution in [3.05, 3.63) is 89.0 Å². The van der Waals surface area contributed by atoms with Crippen LogP contribution in [0.4, 0.5) is 10.1 Å². The third-order valence-electron chi connectivity index (χ3n) is 5.07. The Hall–Kier alpha value is -3.43. The quantitative estimate of drug-likeness (QED) is 0.405. The number of nitrogens with zero attached hydrogens (tertiary/aromatic N) is 2. The van der Waals surface area contributed by atoms with Crippen molar-refractivity contribution >= 4 is 44.3 Å². The van der Waals surface area contributed by atoms with Crippen molar-refractivity contribution < 1.29 is 17.6 Å². The van der Waals surface area contributed by atoms with Crippen molar-refractivity contribution in [2.45, 2.75) is 18.4 Å². The normalized spacial score (nSPS) is 11.5. The summed E-state index contributed by atoms with van der Waals surface area (Å²) in [5, 5.41) is 2.57. The van der Waals surface area contributed by atoms with E-state index in [4.69, 9.17) is 11.6 Å². The summed E-state index contributed by atoms with van der Waals surface area (Å²) in [7, 11) is -3.96. The third-order valence-corrected chi connectivity index (χ3v) is 6.74. The molecule has 0 unspecified atom stereocenters. The van der Waals surface area contributed by atoms with Crippen LogP contribution < -0.4 is 10.0 Å². The molecule has 0 spiro atoms. The van der Waals surface area contributed by atoms with E-state index in [1.165, 1.54) is 24.3 Å². The van der Waals surface area contributed by atoms with Gasteiger partial charge in [0.05, 0.1) is 21.0 Å². The molecule has 0 atom stereocenters. The largest absolute Gasteiger partial charge is 0.350 e. The van der Waals surface area contributed by atoms with E-state index in [0.717, 1.165) is 35.1 Å². The van der Waals surface area contributed by atoms with Crippen molar-refractivity contribution in [3.8, 4) is 0 Å². The Morgan fingerprint density at radius 2 is 1.82 bits per heavy atom. The number of anilines is 1. The number of rotatable bonds is 7. The maximum atomic E-state index is 13.3. The molecular formula is C23H20ClFN4O3S. The van der Waals surface area contributed by atoms with Crippen LogP contribution in [-0.2, 0) is 16.6 Å². The van der Waals surface area contributed by atoms with E-state index in [2.05, 4.69) is 15.0 Å². The lowest BCUT2D eigenvalue weighted by Crippen LogP contribution is -2.27. The number of aryl methyl sites for hydroxylation is 1. The van der Waals surface area contributed by atoms with Gasteiger partial charge in [-0.25, -0.2) is 17.8 Å². The molecule has 3 aromatic carbocycles. The van der Waals surface area contributed by atoms with Crippen molar-refractivity contribution in [1.82, 2.24) is 14.9 Å². The standard InChI is InChI=1S/C23H20ClFN4O3S/c1-15-27-21-4-2-3-5-22(21)29(15)13-12-26-23(30)16-6-8-17(9-7-16)28-33(31,32)18-10-11-20(25)19(24)14-18/h2-11,14,28H,12-13H2,1H3,(H,26,30). The van der Waals surface area contributed by atoms with E-state index in [1.807, 2.05) is 35.8 Å². The van der Waals surface area contributed by atoms with Gasteiger partial charge in [0, 0.05) is 24.3 Å². The average Bonchev–Trinajstić information content (AvgIpc) is 3.11. The van der Waals surface area contributed by atoms with E-state index in [1.54, 1.807) is 0 Å². The van der Waals surface area contributed by atoms with E-state index < -0.39 is 15.8 Å². The summed E-state index contributed by atoms with van der Waals surface area (Å²) in [6, 6.07) is 16.9. The first kappa shape index (κ1) is 22.8. The molecule has 0 saturated carbocycles. The van der Waals surface area contributed by atoms with Crippen LogP contribution in [0.25, 0.3) is 11.0 Å². The predicted octanol–water partition coefficient (Wildman–Crippen LogP) is 4.37. The third kappa shape index (κ3) is 4.99. The molecule has 4 rings (SSSR count). The van der Waals surface area contributed by atoms with Gasteiger partial charge in [0.25, 0.3) is 15.9 Å². The first-order chi connectivity index (χ1) is 15.7. The zero-order chi connectivity index (χ0) is 23.6. The van der Waals surface area contributed by atoms with Crippen molar-refractivity contribution in [2.24, 2.45) is 0 Å². The summed E-state index contributed by atoms with van der Waals surface area (Å²) in [5.41, 5.74) is 2.55. The highest BCUT2D eigenvalue weighted by molar-refractivity contribution is 7.92. The van der Waals surface area contributed by atoms with Gasteiger partial charge in [-0.05, 0) is 61.5 Å². The highest BCUT2D eigenvalue weighted by Gasteiger charge is 2.16. The highest BCUT2D eigenvalue weighted by atomic mass is 35.5. The maximum absolute atomic E-state index is 13.3. The molecule has 0 radical (unpaired) electrons. The predicted molar refractivity (Wildman–Crippen MR) is 125 cm³/mol. The molecule has 2 N–H and O–H groups in total. The number of hydrogen-bond acceptors (Lipinski definition) is 4. The monoisotopic (exact) mass is 486 g/mol. The number of halogens is 2. The summed E-state index contributed by atoms with van der Waals surface area (Å²) in [6.07, 6.45) is 0. The molecule has 4 aromatic rings. The van der Waals surface area contributed by atoms with Crippen LogP contribution in [0.2, 0.25) is 5.02 Å². The van der Waals surface area contributed by atoms with Crippen LogP contribution in [-0.4, -0.2) is 30.4 Å². The van der Waals surface area contributed by atoms with Gasteiger partial charge in [0.15, 0.2) is 0 Å². The maximum Gasteiger partial charge on any atom is 0.261 e. The van der Waals surface area contributed by atoms with Gasteiger partial charge in [-0.1, -0.05) is 23.7 Å². The Kier molecular flexibility index (Phi) is 6.35. The molecule has 0 aliphatic heterocycles. The number of sulfonamides is 1. The van der Waals surface area contributed by atoms with Crippen molar-refractivity contribution in [1.29, 1.82) is 0 Å². The minimum atomic E-state index is -3.96. The first-order valence-corrected chi connectivity index (χ1v) is 11.9. The van der Waals surface area contributed by atoms with Gasteiger partial charge < -0.3 is 9.88 Å². The zero-order valence-electron chi connectivity index (χ0n) is 17.5. The molecule has 1 aromatic heterocycles. The molecule has 0 aliphatic carbocycles. The topological polar surface area (TPSA) is 93.1 Å². The van der Waals surface area contributed by atoms with Crippen molar-refractivity contribution in [3.63, 3.8) is 0 Å². The second-order valence-electron chi connectivity index (χ2n) is 7.31. The lowest BCUT2D eigenvalue weighted by molar-refractivity contribution is 0.0952. The number of aromatic nitrogens is 2. The van der Waals surface area contributed by atoms with Gasteiger partial charge in [-0.2, -0.15) is 0 Å². The zero-order valence-corrected chi connectivity index (χ0v) is 19.1. The Bertz CT molecular complexity index is 1440. The van der Waals surface area contributed by atoms with Crippen LogP contribution in [0, 0.1) is 12.7 Å². The highest BCUT2D eigenvalue weighted by Crippen LogP contribution is 2.22. The van der Waals surface area contributed by atoms with Crippen LogP contribution in [0.15, 0.2) is 71.6 Å². The second kappa shape index (κ2) is 9.21. The number of amides is 1. The van der Waals surface area contributed by atoms with E-state index in [-0.39, 0.29) is 21.5 Å². The second-order valence-corrected chi connectivity index (χ2v) is 9.40. The summed E-state index contributed by atoms with van der Waals surface area (Å²) >= 11 is 5.67. The molecule has 170 valence electrons. The van der Waals surface area contributed by atoms with Gasteiger partial charge >= 0.3 is 0 Å². The van der Waals surface area contributed by atoms with Crippen LogP contribution in [0.1, 0.15) is 16.2 Å². The lowest BCUT2D eigenvalue weighted by atomic mass is 10.2. The number of hydrogen-bond donors (Lipinski definition) is 2. The van der Waals surface area contributed by atoms with E-state index >= 15 is 0 Å². The minimum Gasteiger partial charge on any atom is -0.350 e. The number of carbonyl (C=O) groups is 1. The SMILES string of the molecule is Cc1nc2ccccc2n1CCNC(=O)c1ccc(NS(=O)(=O)c2ccc(F)c(Cl)c2)cc1. The number of carbonyl (C=O) groups excluding carboxylic acids is 1. The summed E-state index contributed by atoms with van der Waals surface area (Å²) < 4.78 is 42.7. The molecule has 0 aliphatic rings. The fourth-order valence-corrected chi connectivity index (χ4v) is 4.74. The van der Waals surface area contributed by atoms with E-state index in [0.29, 0.717) is 18.7 Å². The van der Waals surface area contributed by atoms with Gasteiger partial charge in [0.1, 0.15) is 11.6 Å². The fourth-order valence-electron chi connectivity index (χ4n) is 3.41. The van der Waals surface area contributed by atoms with Crippen LogP contribution >= 0.6 is 11.6 Å². The Labute approximate surface area is 195 Å². The number of nitrogens with one attached hydrogen (secondary N) is 2. The van der Waals surface area contributed by atoms with Crippen LogP contribution in [0.5, 0.6) is 0 Å². The smallest absolute Gasteiger partial charge is 0.261 e. The van der Waals surface area contributed by atoms with Gasteiger partial charge in [0.2, 0.25) is 0 Å². The van der Waals surface area contributed by atoms with Gasteiger partial charge in [-0.3, -0.25) is 9.52 Å². The van der Waals surface area contributed by atoms with E-state index in [9.17, 15) is 17.6 Å². The Balaban J connectivity index is 1.38. The van der Waals surface area contributed by atoms with Gasteiger partial charge in [-0.15, -0.1) is 0 Å². The number of benzene rings is 3. The summed E-state index contributed by atoms with van der Waals surface area (Å²) in [5.74, 6) is -0.122. The lowest BCUT2D eigenvalue weighted by Gasteiger charge is -2.11. The molecule has 10 heteroatoms. The average molecular weight is 487 g/mol. The molecule has 0 saturated heterocycles. The molecule has 0 bridgehead atoms. The Morgan fingerprint density at radius 3 is 2.55 bits per heavy atom. The Morgan fingerprint density at radius 1 is 1.09 bits per heavy atom. The fraction of sp³-hybridized carbons (Fsp3) is 0.130. The molecule has 0 fully saturated rings. The number of fused-ring (bicyclic) bond motifs is 1. The first-order valence-electron chi connectivity index (χ1n) is 10.0. The minimum absolute atomic E-state index is 0.168. The summed E-state index contributed by atoms with van der Waals surface area (Å²) in [6.45, 7) is 2.89. The molecular weight excluding hydrogens is 467 g/mol. The van der Waals surface area contributed by atoms with Crippen LogP contribution in [0.3, 0.4) is 0 Å². The molecule has 1 amide bonds. The number of para-hydroxylation sites is 2. The molecule has 33 heavy (non-hydrogen) atoms. The molecule has 7 nitrogen and oxygen atoms in total. The molecule has 1 heterocycles. The summed E-state index contributed by atoms with van der Waals surface area (Å²) in [4.78, 5) is 16.8. The number of imidazole rings is 1. The van der Waals surface area contributed by atoms with Crippen molar-refractivity contribution in [2.75, 3.05) is 11.3 Å².